The Morgan fingerprint density at radius 2 is 2.21 bits per heavy atom. The standard InChI is InChI=1S/C13H12ClN3O2/c14-9-2-1-3-11(6-9)19-8-13(18)17-12-5-4-10(15)7-16-12/h1-7H,8,15H2,(H,16,17,18). The van der Waals surface area contributed by atoms with Gasteiger partial charge in [-0.15, -0.1) is 0 Å². The number of aromatic nitrogens is 1. The molecule has 6 heteroatoms. The number of nitrogen functional groups attached to an aromatic ring is 1. The van der Waals surface area contributed by atoms with Crippen molar-refractivity contribution < 1.29 is 9.53 Å². The van der Waals surface area contributed by atoms with Crippen LogP contribution >= 0.6 is 11.6 Å². The van der Waals surface area contributed by atoms with E-state index in [-0.39, 0.29) is 12.5 Å². The lowest BCUT2D eigenvalue weighted by atomic mass is 10.3. The molecule has 0 fully saturated rings. The van der Waals surface area contributed by atoms with Gasteiger partial charge in [0, 0.05) is 5.02 Å². The predicted octanol–water partition coefficient (Wildman–Crippen LogP) is 2.33. The van der Waals surface area contributed by atoms with Crippen LogP contribution in [0.25, 0.3) is 0 Å². The van der Waals surface area contributed by atoms with E-state index in [2.05, 4.69) is 10.3 Å². The summed E-state index contributed by atoms with van der Waals surface area (Å²) in [7, 11) is 0. The second-order valence-corrected chi connectivity index (χ2v) is 4.21. The summed E-state index contributed by atoms with van der Waals surface area (Å²) in [4.78, 5) is 15.6. The average molecular weight is 278 g/mol. The fourth-order valence-electron chi connectivity index (χ4n) is 1.36. The zero-order valence-corrected chi connectivity index (χ0v) is 10.7. The highest BCUT2D eigenvalue weighted by Crippen LogP contribution is 2.17. The summed E-state index contributed by atoms with van der Waals surface area (Å²) in [6.07, 6.45) is 1.47. The molecule has 5 nitrogen and oxygen atoms in total. The fourth-order valence-corrected chi connectivity index (χ4v) is 1.54. The number of amides is 1. The Hall–Kier alpha value is -2.27. The molecule has 2 rings (SSSR count). The van der Waals surface area contributed by atoms with Crippen LogP contribution in [0.5, 0.6) is 5.75 Å². The molecule has 0 aliphatic rings. The van der Waals surface area contributed by atoms with Crippen molar-refractivity contribution in [1.29, 1.82) is 0 Å². The molecule has 0 unspecified atom stereocenters. The highest BCUT2D eigenvalue weighted by Gasteiger charge is 2.04. The van der Waals surface area contributed by atoms with Crippen molar-refractivity contribution in [3.8, 4) is 5.75 Å². The normalized spacial score (nSPS) is 9.95. The van der Waals surface area contributed by atoms with Gasteiger partial charge in [0.25, 0.3) is 5.91 Å². The van der Waals surface area contributed by atoms with Gasteiger partial charge in [-0.2, -0.15) is 0 Å². The Morgan fingerprint density at radius 3 is 2.89 bits per heavy atom. The largest absolute Gasteiger partial charge is 0.484 e. The first kappa shape index (κ1) is 13.2. The molecule has 0 atom stereocenters. The SMILES string of the molecule is Nc1ccc(NC(=O)COc2cccc(Cl)c2)nc1. The van der Waals surface area contributed by atoms with Crippen LogP contribution < -0.4 is 15.8 Å². The van der Waals surface area contributed by atoms with E-state index in [0.29, 0.717) is 22.3 Å². The number of hydrogen-bond acceptors (Lipinski definition) is 4. The van der Waals surface area contributed by atoms with Crippen LogP contribution in [-0.2, 0) is 4.79 Å². The minimum absolute atomic E-state index is 0.119. The number of carbonyl (C=O) groups is 1. The number of carbonyl (C=O) groups excluding carboxylic acids is 1. The molecule has 0 spiro atoms. The van der Waals surface area contributed by atoms with Gasteiger partial charge < -0.3 is 15.8 Å². The van der Waals surface area contributed by atoms with Crippen LogP contribution in [0.15, 0.2) is 42.6 Å². The lowest BCUT2D eigenvalue weighted by Crippen LogP contribution is -2.20. The zero-order valence-electron chi connectivity index (χ0n) is 9.97. The monoisotopic (exact) mass is 277 g/mol. The Bertz CT molecular complexity index is 572. The van der Waals surface area contributed by atoms with E-state index in [9.17, 15) is 4.79 Å². The number of ether oxygens (including phenoxy) is 1. The van der Waals surface area contributed by atoms with Crippen LogP contribution in [0, 0.1) is 0 Å². The Morgan fingerprint density at radius 1 is 1.37 bits per heavy atom. The minimum Gasteiger partial charge on any atom is -0.484 e. The van der Waals surface area contributed by atoms with Gasteiger partial charge in [-0.05, 0) is 30.3 Å². The van der Waals surface area contributed by atoms with Crippen LogP contribution in [0.1, 0.15) is 0 Å². The summed E-state index contributed by atoms with van der Waals surface area (Å²) in [5.41, 5.74) is 6.03. The summed E-state index contributed by atoms with van der Waals surface area (Å²) in [5, 5.41) is 3.14. The molecule has 98 valence electrons. The molecule has 0 aliphatic heterocycles. The summed E-state index contributed by atoms with van der Waals surface area (Å²) in [6.45, 7) is -0.119. The third-order valence-corrected chi connectivity index (χ3v) is 2.45. The average Bonchev–Trinajstić information content (AvgIpc) is 2.39. The van der Waals surface area contributed by atoms with Crippen molar-refractivity contribution in [3.05, 3.63) is 47.6 Å². The molecule has 1 heterocycles. The molecule has 0 radical (unpaired) electrons. The molecule has 1 aromatic heterocycles. The van der Waals surface area contributed by atoms with E-state index >= 15 is 0 Å². The Balaban J connectivity index is 1.86. The smallest absolute Gasteiger partial charge is 0.263 e. The van der Waals surface area contributed by atoms with E-state index in [4.69, 9.17) is 22.1 Å². The molecule has 1 amide bonds. The maximum Gasteiger partial charge on any atom is 0.263 e. The molecular weight excluding hydrogens is 266 g/mol. The molecular formula is C13H12ClN3O2. The number of nitrogens with two attached hydrogens (primary N) is 1. The second kappa shape index (κ2) is 6.06. The van der Waals surface area contributed by atoms with Gasteiger partial charge in [0.05, 0.1) is 11.9 Å². The molecule has 0 saturated heterocycles. The van der Waals surface area contributed by atoms with Gasteiger partial charge in [0.2, 0.25) is 0 Å². The Labute approximate surface area is 115 Å². The molecule has 0 aliphatic carbocycles. The summed E-state index contributed by atoms with van der Waals surface area (Å²) in [6, 6.07) is 10.1. The summed E-state index contributed by atoms with van der Waals surface area (Å²) < 4.78 is 5.30. The van der Waals surface area contributed by atoms with Crippen LogP contribution in [0.2, 0.25) is 5.02 Å². The van der Waals surface area contributed by atoms with Crippen LogP contribution in [-0.4, -0.2) is 17.5 Å². The number of rotatable bonds is 4. The molecule has 19 heavy (non-hydrogen) atoms. The van der Waals surface area contributed by atoms with Crippen molar-refractivity contribution in [2.75, 3.05) is 17.7 Å². The van der Waals surface area contributed by atoms with Crippen LogP contribution in [0.4, 0.5) is 11.5 Å². The quantitative estimate of drug-likeness (QED) is 0.899. The highest BCUT2D eigenvalue weighted by molar-refractivity contribution is 6.30. The predicted molar refractivity (Wildman–Crippen MR) is 74.2 cm³/mol. The number of benzene rings is 1. The molecule has 3 N–H and O–H groups in total. The van der Waals surface area contributed by atoms with E-state index in [1.54, 1.807) is 36.4 Å². The second-order valence-electron chi connectivity index (χ2n) is 3.77. The first-order valence-electron chi connectivity index (χ1n) is 5.53. The van der Waals surface area contributed by atoms with Crippen molar-refractivity contribution in [1.82, 2.24) is 4.98 Å². The molecule has 0 bridgehead atoms. The van der Waals surface area contributed by atoms with Gasteiger partial charge in [0.1, 0.15) is 11.6 Å². The summed E-state index contributed by atoms with van der Waals surface area (Å²) in [5.74, 6) is 0.652. The number of nitrogens with zero attached hydrogens (tertiary/aromatic N) is 1. The number of hydrogen-bond donors (Lipinski definition) is 2. The zero-order chi connectivity index (χ0) is 13.7. The lowest BCUT2D eigenvalue weighted by Gasteiger charge is -2.07. The minimum atomic E-state index is -0.308. The first-order valence-corrected chi connectivity index (χ1v) is 5.91. The van der Waals surface area contributed by atoms with Gasteiger partial charge in [-0.1, -0.05) is 17.7 Å². The number of pyridine rings is 1. The third-order valence-electron chi connectivity index (χ3n) is 2.22. The van der Waals surface area contributed by atoms with Crippen molar-refractivity contribution in [2.45, 2.75) is 0 Å². The van der Waals surface area contributed by atoms with Gasteiger partial charge in [0.15, 0.2) is 6.61 Å². The molecule has 0 saturated carbocycles. The maximum absolute atomic E-state index is 11.6. The van der Waals surface area contributed by atoms with Crippen molar-refractivity contribution in [3.63, 3.8) is 0 Å². The fraction of sp³-hybridized carbons (Fsp3) is 0.0769. The Kier molecular flexibility index (Phi) is 4.20. The van der Waals surface area contributed by atoms with Crippen molar-refractivity contribution in [2.24, 2.45) is 0 Å². The van der Waals surface area contributed by atoms with E-state index in [1.165, 1.54) is 6.20 Å². The van der Waals surface area contributed by atoms with E-state index in [1.807, 2.05) is 0 Å². The topological polar surface area (TPSA) is 77.2 Å². The lowest BCUT2D eigenvalue weighted by molar-refractivity contribution is -0.118. The number of nitrogens with one attached hydrogen (secondary N) is 1. The van der Waals surface area contributed by atoms with E-state index in [0.717, 1.165) is 0 Å². The van der Waals surface area contributed by atoms with Gasteiger partial charge in [-0.25, -0.2) is 4.98 Å². The number of anilines is 2. The van der Waals surface area contributed by atoms with Gasteiger partial charge >= 0.3 is 0 Å². The third kappa shape index (κ3) is 4.15. The van der Waals surface area contributed by atoms with E-state index < -0.39 is 0 Å². The molecule has 2 aromatic rings. The maximum atomic E-state index is 11.6. The number of halogens is 1. The molecule has 1 aromatic carbocycles. The first-order chi connectivity index (χ1) is 9.13. The summed E-state index contributed by atoms with van der Waals surface area (Å²) >= 11 is 5.80. The highest BCUT2D eigenvalue weighted by atomic mass is 35.5. The van der Waals surface area contributed by atoms with Crippen molar-refractivity contribution >= 4 is 29.0 Å². The van der Waals surface area contributed by atoms with Gasteiger partial charge in [-0.3, -0.25) is 4.79 Å². The van der Waals surface area contributed by atoms with Crippen LogP contribution in [0.3, 0.4) is 0 Å².